The second-order valence-corrected chi connectivity index (χ2v) is 9.72. The maximum Gasteiger partial charge on any atom is 0.255 e. The van der Waals surface area contributed by atoms with Crippen molar-refractivity contribution in [2.75, 3.05) is 17.7 Å². The quantitative estimate of drug-likeness (QED) is 0.280. The van der Waals surface area contributed by atoms with Crippen molar-refractivity contribution in [3.63, 3.8) is 0 Å². The van der Waals surface area contributed by atoms with Crippen molar-refractivity contribution in [3.05, 3.63) is 107 Å². The highest BCUT2D eigenvalue weighted by Gasteiger charge is 2.34. The van der Waals surface area contributed by atoms with Crippen LogP contribution in [0.5, 0.6) is 5.75 Å². The van der Waals surface area contributed by atoms with Crippen LogP contribution in [0.15, 0.2) is 95.3 Å². The lowest BCUT2D eigenvalue weighted by atomic mass is 9.94. The molecule has 1 amide bonds. The Hall–Kier alpha value is -4.04. The second-order valence-electron chi connectivity index (χ2n) is 8.78. The van der Waals surface area contributed by atoms with E-state index in [9.17, 15) is 4.79 Å². The van der Waals surface area contributed by atoms with Crippen molar-refractivity contribution in [3.8, 4) is 5.75 Å². The Morgan fingerprint density at radius 2 is 1.76 bits per heavy atom. The van der Waals surface area contributed by atoms with Gasteiger partial charge in [-0.2, -0.15) is 4.98 Å². The van der Waals surface area contributed by atoms with Crippen LogP contribution in [0.1, 0.15) is 36.6 Å². The number of carbonyl (C=O) groups excluding carboxylic acids is 1. The number of amides is 1. The van der Waals surface area contributed by atoms with E-state index < -0.39 is 6.04 Å². The molecule has 0 spiro atoms. The Bertz CT molecular complexity index is 1410. The zero-order valence-corrected chi connectivity index (χ0v) is 21.9. The fraction of sp³-hybridized carbons (Fsp3) is 0.207. The molecule has 0 radical (unpaired) electrons. The molecule has 1 aliphatic rings. The maximum atomic E-state index is 13.7. The molecule has 0 saturated carbocycles. The lowest BCUT2D eigenvalue weighted by Gasteiger charge is -2.28. The number of carbonyl (C=O) groups is 1. The average Bonchev–Trinajstić information content (AvgIpc) is 3.34. The van der Waals surface area contributed by atoms with Gasteiger partial charge in [-0.05, 0) is 54.3 Å². The number of aryl methyl sites for hydroxylation is 1. The van der Waals surface area contributed by atoms with Crippen LogP contribution in [0.2, 0.25) is 0 Å². The topological polar surface area (TPSA) is 81.1 Å². The van der Waals surface area contributed by atoms with Gasteiger partial charge < -0.3 is 15.4 Å². The number of nitrogens with one attached hydrogen (secondary N) is 2. The first-order valence-corrected chi connectivity index (χ1v) is 13.2. The molecule has 1 aliphatic heterocycles. The van der Waals surface area contributed by atoms with E-state index in [1.54, 1.807) is 18.9 Å². The van der Waals surface area contributed by atoms with E-state index in [-0.39, 0.29) is 5.91 Å². The highest BCUT2D eigenvalue weighted by Crippen LogP contribution is 2.37. The van der Waals surface area contributed by atoms with Crippen LogP contribution < -0.4 is 15.4 Å². The van der Waals surface area contributed by atoms with Gasteiger partial charge in [-0.25, -0.2) is 4.68 Å². The van der Waals surface area contributed by atoms with Crippen molar-refractivity contribution >= 4 is 29.3 Å². The number of thioether (sulfide) groups is 1. The molecule has 0 fully saturated rings. The molecule has 1 aromatic heterocycles. The summed E-state index contributed by atoms with van der Waals surface area (Å²) in [4.78, 5) is 18.4. The van der Waals surface area contributed by atoms with E-state index in [1.165, 1.54) is 11.1 Å². The minimum absolute atomic E-state index is 0.195. The summed E-state index contributed by atoms with van der Waals surface area (Å²) in [6, 6.07) is 25.5. The van der Waals surface area contributed by atoms with Gasteiger partial charge in [-0.3, -0.25) is 4.79 Å². The van der Waals surface area contributed by atoms with Crippen LogP contribution in [0.25, 0.3) is 0 Å². The number of hydrogen-bond acceptors (Lipinski definition) is 6. The first-order valence-electron chi connectivity index (χ1n) is 12.2. The average molecular weight is 512 g/mol. The smallest absolute Gasteiger partial charge is 0.255 e. The molecular formula is C29H29N5O2S. The van der Waals surface area contributed by atoms with Gasteiger partial charge in [0.25, 0.3) is 5.91 Å². The monoisotopic (exact) mass is 511 g/mol. The zero-order valence-electron chi connectivity index (χ0n) is 21.1. The van der Waals surface area contributed by atoms with E-state index in [4.69, 9.17) is 14.8 Å². The normalized spacial score (nSPS) is 14.6. The first-order chi connectivity index (χ1) is 18.1. The standard InChI is InChI=1S/C29H29N5O2S/c1-4-20-10-12-22(13-11-20)26-25(27(35)31-23-14-16-24(36-3)17-15-23)19(2)30-28-32-29(33-34(26)28)37-18-21-8-6-5-7-9-21/h5-17,26H,4,18H2,1-3H3,(H,31,35)(H,30,32,33). The van der Waals surface area contributed by atoms with Gasteiger partial charge in [0.15, 0.2) is 0 Å². The minimum atomic E-state index is -0.418. The third kappa shape index (κ3) is 5.39. The molecule has 0 saturated heterocycles. The highest BCUT2D eigenvalue weighted by molar-refractivity contribution is 7.98. The Morgan fingerprint density at radius 1 is 1.03 bits per heavy atom. The van der Waals surface area contributed by atoms with Crippen molar-refractivity contribution in [2.24, 2.45) is 0 Å². The molecule has 4 aromatic rings. The predicted octanol–water partition coefficient (Wildman–Crippen LogP) is 6.07. The molecule has 37 heavy (non-hydrogen) atoms. The van der Waals surface area contributed by atoms with E-state index in [0.717, 1.165) is 29.2 Å². The third-order valence-corrected chi connectivity index (χ3v) is 7.25. The number of rotatable bonds is 8. The minimum Gasteiger partial charge on any atom is -0.497 e. The fourth-order valence-corrected chi connectivity index (χ4v) is 5.11. The molecule has 7 nitrogen and oxygen atoms in total. The van der Waals surface area contributed by atoms with Crippen LogP contribution in [0.4, 0.5) is 11.6 Å². The molecule has 2 heterocycles. The number of aromatic nitrogens is 3. The van der Waals surface area contributed by atoms with Gasteiger partial charge >= 0.3 is 0 Å². The molecule has 2 N–H and O–H groups in total. The zero-order chi connectivity index (χ0) is 25.8. The van der Waals surface area contributed by atoms with Gasteiger partial charge in [0.1, 0.15) is 11.8 Å². The van der Waals surface area contributed by atoms with Gasteiger partial charge in [0.2, 0.25) is 11.1 Å². The van der Waals surface area contributed by atoms with Crippen LogP contribution in [-0.4, -0.2) is 27.8 Å². The van der Waals surface area contributed by atoms with Gasteiger partial charge in [-0.1, -0.05) is 73.3 Å². The second kappa shape index (κ2) is 10.9. The van der Waals surface area contributed by atoms with E-state index in [2.05, 4.69) is 54.0 Å². The number of ether oxygens (including phenoxy) is 1. The van der Waals surface area contributed by atoms with Crippen LogP contribution in [0, 0.1) is 0 Å². The number of hydrogen-bond donors (Lipinski definition) is 2. The number of allylic oxidation sites excluding steroid dienone is 1. The Balaban J connectivity index is 1.48. The molecule has 1 unspecified atom stereocenters. The summed E-state index contributed by atoms with van der Waals surface area (Å²) >= 11 is 1.57. The Kier molecular flexibility index (Phi) is 7.28. The molecule has 5 rings (SSSR count). The SMILES string of the molecule is CCc1ccc(C2C(C(=O)Nc3ccc(OC)cc3)=C(C)Nc3nc(SCc4ccccc4)nn32)cc1. The van der Waals surface area contributed by atoms with Crippen molar-refractivity contribution in [2.45, 2.75) is 37.2 Å². The van der Waals surface area contributed by atoms with Gasteiger partial charge in [0.05, 0.1) is 12.7 Å². The molecular weight excluding hydrogens is 482 g/mol. The summed E-state index contributed by atoms with van der Waals surface area (Å²) in [5.41, 5.74) is 5.44. The Labute approximate surface area is 221 Å². The third-order valence-electron chi connectivity index (χ3n) is 6.34. The van der Waals surface area contributed by atoms with E-state index in [0.29, 0.717) is 22.4 Å². The van der Waals surface area contributed by atoms with Crippen LogP contribution in [0.3, 0.4) is 0 Å². The number of anilines is 2. The van der Waals surface area contributed by atoms with Crippen molar-refractivity contribution in [1.82, 2.24) is 14.8 Å². The molecule has 188 valence electrons. The Morgan fingerprint density at radius 3 is 2.43 bits per heavy atom. The highest BCUT2D eigenvalue weighted by atomic mass is 32.2. The molecule has 3 aromatic carbocycles. The molecule has 1 atom stereocenters. The summed E-state index contributed by atoms with van der Waals surface area (Å²) in [6.07, 6.45) is 0.945. The van der Waals surface area contributed by atoms with E-state index >= 15 is 0 Å². The molecule has 0 aliphatic carbocycles. The fourth-order valence-electron chi connectivity index (χ4n) is 4.33. The number of methoxy groups -OCH3 is 1. The van der Waals surface area contributed by atoms with Gasteiger partial charge in [0, 0.05) is 17.1 Å². The summed E-state index contributed by atoms with van der Waals surface area (Å²) < 4.78 is 7.06. The summed E-state index contributed by atoms with van der Waals surface area (Å²) in [5, 5.41) is 11.8. The molecule has 8 heteroatoms. The van der Waals surface area contributed by atoms with Crippen LogP contribution in [-0.2, 0) is 17.0 Å². The van der Waals surface area contributed by atoms with Gasteiger partial charge in [-0.15, -0.1) is 5.10 Å². The number of fused-ring (bicyclic) bond motifs is 1. The van der Waals surface area contributed by atoms with Crippen molar-refractivity contribution < 1.29 is 9.53 Å². The predicted molar refractivity (Wildman–Crippen MR) is 148 cm³/mol. The summed E-state index contributed by atoms with van der Waals surface area (Å²) in [5.74, 6) is 1.92. The summed E-state index contributed by atoms with van der Waals surface area (Å²) in [6.45, 7) is 4.04. The first kappa shape index (κ1) is 24.6. The summed E-state index contributed by atoms with van der Waals surface area (Å²) in [7, 11) is 1.62. The van der Waals surface area contributed by atoms with E-state index in [1.807, 2.05) is 54.1 Å². The largest absolute Gasteiger partial charge is 0.497 e. The lowest BCUT2D eigenvalue weighted by Crippen LogP contribution is -2.31. The number of benzene rings is 3. The van der Waals surface area contributed by atoms with Crippen LogP contribution >= 0.6 is 11.8 Å². The van der Waals surface area contributed by atoms with Crippen molar-refractivity contribution in [1.29, 1.82) is 0 Å². The number of nitrogens with zero attached hydrogens (tertiary/aromatic N) is 3. The molecule has 0 bridgehead atoms. The lowest BCUT2D eigenvalue weighted by molar-refractivity contribution is -0.113. The maximum absolute atomic E-state index is 13.7.